The van der Waals surface area contributed by atoms with E-state index in [0.29, 0.717) is 18.4 Å². The van der Waals surface area contributed by atoms with E-state index in [2.05, 4.69) is 21.6 Å². The van der Waals surface area contributed by atoms with Crippen LogP contribution in [0.25, 0.3) is 0 Å². The van der Waals surface area contributed by atoms with Crippen LogP contribution in [0.1, 0.15) is 49.7 Å². The van der Waals surface area contributed by atoms with Crippen molar-refractivity contribution in [1.29, 1.82) is 0 Å². The van der Waals surface area contributed by atoms with E-state index < -0.39 is 0 Å². The fraction of sp³-hybridized carbons (Fsp3) is 0.733. The zero-order chi connectivity index (χ0) is 14.0. The summed E-state index contributed by atoms with van der Waals surface area (Å²) in [5.74, 6) is 2.11. The predicted molar refractivity (Wildman–Crippen MR) is 75.1 cm³/mol. The van der Waals surface area contributed by atoms with Crippen LogP contribution in [0.15, 0.2) is 17.2 Å². The van der Waals surface area contributed by atoms with Gasteiger partial charge in [-0.05, 0) is 38.6 Å². The normalized spacial score (nSPS) is 27.6. The van der Waals surface area contributed by atoms with E-state index >= 15 is 0 Å². The first-order chi connectivity index (χ1) is 9.74. The summed E-state index contributed by atoms with van der Waals surface area (Å²) in [4.78, 5) is 6.80. The van der Waals surface area contributed by atoms with Gasteiger partial charge in [0, 0.05) is 17.9 Å². The summed E-state index contributed by atoms with van der Waals surface area (Å²) >= 11 is 0. The first-order valence-electron chi connectivity index (χ1n) is 7.51. The molecule has 2 fully saturated rings. The van der Waals surface area contributed by atoms with Crippen LogP contribution in [0, 0.1) is 5.41 Å². The average Bonchev–Trinajstić information content (AvgIpc) is 3.20. The van der Waals surface area contributed by atoms with E-state index in [0.717, 1.165) is 38.2 Å². The van der Waals surface area contributed by atoms with Crippen molar-refractivity contribution in [3.05, 3.63) is 24.4 Å². The molecule has 5 nitrogen and oxygen atoms in total. The highest BCUT2D eigenvalue weighted by Gasteiger charge is 2.35. The fourth-order valence-electron chi connectivity index (χ4n) is 3.14. The van der Waals surface area contributed by atoms with Crippen LogP contribution in [0.2, 0.25) is 0 Å². The zero-order valence-corrected chi connectivity index (χ0v) is 11.9. The van der Waals surface area contributed by atoms with E-state index in [4.69, 9.17) is 4.52 Å². The van der Waals surface area contributed by atoms with Crippen molar-refractivity contribution in [2.75, 3.05) is 19.7 Å². The number of aromatic nitrogens is 2. The van der Waals surface area contributed by atoms with Gasteiger partial charge in [-0.3, -0.25) is 4.90 Å². The molecule has 5 heteroatoms. The molecule has 1 aromatic heterocycles. The SMILES string of the molecule is C=CC[C@@]1(CO)CCCN(Cc2nc(C3CC3)no2)C1. The smallest absolute Gasteiger partial charge is 0.240 e. The number of piperidine rings is 1. The molecular weight excluding hydrogens is 254 g/mol. The summed E-state index contributed by atoms with van der Waals surface area (Å²) in [6.45, 7) is 6.62. The monoisotopic (exact) mass is 277 g/mol. The molecule has 1 aromatic rings. The highest BCUT2D eigenvalue weighted by molar-refractivity contribution is 5.03. The lowest BCUT2D eigenvalue weighted by molar-refractivity contribution is 0.0266. The maximum absolute atomic E-state index is 9.72. The van der Waals surface area contributed by atoms with Crippen LogP contribution in [0.4, 0.5) is 0 Å². The topological polar surface area (TPSA) is 62.4 Å². The molecule has 1 aliphatic heterocycles. The minimum Gasteiger partial charge on any atom is -0.396 e. The first kappa shape index (κ1) is 13.8. The molecule has 0 unspecified atom stereocenters. The van der Waals surface area contributed by atoms with Gasteiger partial charge in [0.1, 0.15) is 0 Å². The molecule has 1 atom stereocenters. The van der Waals surface area contributed by atoms with Crippen molar-refractivity contribution in [3.63, 3.8) is 0 Å². The maximum atomic E-state index is 9.72. The summed E-state index contributed by atoms with van der Waals surface area (Å²) in [5.41, 5.74) is -0.0423. The fourth-order valence-corrected chi connectivity index (χ4v) is 3.14. The number of hydrogen-bond acceptors (Lipinski definition) is 5. The summed E-state index contributed by atoms with van der Waals surface area (Å²) in [6.07, 6.45) is 7.31. The Balaban J connectivity index is 1.62. The molecule has 110 valence electrons. The van der Waals surface area contributed by atoms with Crippen LogP contribution in [0.5, 0.6) is 0 Å². The Labute approximate surface area is 119 Å². The molecule has 1 saturated carbocycles. The zero-order valence-electron chi connectivity index (χ0n) is 11.9. The quantitative estimate of drug-likeness (QED) is 0.807. The number of nitrogens with zero attached hydrogens (tertiary/aromatic N) is 3. The van der Waals surface area contributed by atoms with Crippen LogP contribution >= 0.6 is 0 Å². The van der Waals surface area contributed by atoms with Gasteiger partial charge in [0.15, 0.2) is 5.82 Å². The standard InChI is InChI=1S/C15H23N3O2/c1-2-6-15(11-19)7-3-8-18(10-15)9-13-16-14(17-20-13)12-4-5-12/h2,12,19H,1,3-11H2/t15-/m1/s1. The summed E-state index contributed by atoms with van der Waals surface area (Å²) in [5, 5.41) is 13.8. The number of rotatable bonds is 6. The average molecular weight is 277 g/mol. The lowest BCUT2D eigenvalue weighted by atomic mass is 9.78. The van der Waals surface area contributed by atoms with E-state index in [1.165, 1.54) is 12.8 Å². The number of allylic oxidation sites excluding steroid dienone is 1. The molecule has 3 rings (SSSR count). The van der Waals surface area contributed by atoms with Crippen molar-refractivity contribution in [3.8, 4) is 0 Å². The van der Waals surface area contributed by atoms with Gasteiger partial charge >= 0.3 is 0 Å². The Morgan fingerprint density at radius 2 is 2.35 bits per heavy atom. The van der Waals surface area contributed by atoms with Gasteiger partial charge in [-0.2, -0.15) is 4.98 Å². The molecule has 0 spiro atoms. The third-order valence-corrected chi connectivity index (χ3v) is 4.44. The van der Waals surface area contributed by atoms with Gasteiger partial charge in [-0.25, -0.2) is 0 Å². The molecule has 1 saturated heterocycles. The second-order valence-corrected chi connectivity index (χ2v) is 6.29. The number of hydrogen-bond donors (Lipinski definition) is 1. The minimum absolute atomic E-state index is 0.0423. The van der Waals surface area contributed by atoms with Gasteiger partial charge in [0.25, 0.3) is 0 Å². The number of aliphatic hydroxyl groups is 1. The summed E-state index contributed by atoms with van der Waals surface area (Å²) in [7, 11) is 0. The maximum Gasteiger partial charge on any atom is 0.240 e. The van der Waals surface area contributed by atoms with Crippen LogP contribution in [-0.4, -0.2) is 39.8 Å². The molecule has 1 aliphatic carbocycles. The second kappa shape index (κ2) is 5.66. The van der Waals surface area contributed by atoms with Gasteiger partial charge in [0.2, 0.25) is 5.89 Å². The lowest BCUT2D eigenvalue weighted by Crippen LogP contribution is -2.44. The van der Waals surface area contributed by atoms with E-state index in [1.54, 1.807) is 0 Å². The van der Waals surface area contributed by atoms with Crippen molar-refractivity contribution >= 4 is 0 Å². The Morgan fingerprint density at radius 1 is 1.50 bits per heavy atom. The Morgan fingerprint density at radius 3 is 3.05 bits per heavy atom. The van der Waals surface area contributed by atoms with Gasteiger partial charge in [-0.15, -0.1) is 6.58 Å². The van der Waals surface area contributed by atoms with Crippen molar-refractivity contribution in [2.45, 2.75) is 44.6 Å². The van der Waals surface area contributed by atoms with Crippen LogP contribution < -0.4 is 0 Å². The van der Waals surface area contributed by atoms with Crippen LogP contribution in [0.3, 0.4) is 0 Å². The summed E-state index contributed by atoms with van der Waals surface area (Å²) in [6, 6.07) is 0. The minimum atomic E-state index is -0.0423. The van der Waals surface area contributed by atoms with Gasteiger partial charge in [-0.1, -0.05) is 11.2 Å². The Kier molecular flexibility index (Phi) is 3.89. The van der Waals surface area contributed by atoms with E-state index in [9.17, 15) is 5.11 Å². The highest BCUT2D eigenvalue weighted by atomic mass is 16.5. The molecule has 2 heterocycles. The third kappa shape index (κ3) is 2.94. The third-order valence-electron chi connectivity index (χ3n) is 4.44. The van der Waals surface area contributed by atoms with E-state index in [-0.39, 0.29) is 12.0 Å². The van der Waals surface area contributed by atoms with Crippen molar-refractivity contribution in [1.82, 2.24) is 15.0 Å². The molecule has 0 bridgehead atoms. The van der Waals surface area contributed by atoms with Gasteiger partial charge < -0.3 is 9.63 Å². The second-order valence-electron chi connectivity index (χ2n) is 6.29. The molecular formula is C15H23N3O2. The molecule has 0 radical (unpaired) electrons. The molecule has 0 amide bonds. The largest absolute Gasteiger partial charge is 0.396 e. The van der Waals surface area contributed by atoms with E-state index in [1.807, 2.05) is 6.08 Å². The first-order valence-corrected chi connectivity index (χ1v) is 7.51. The van der Waals surface area contributed by atoms with Crippen molar-refractivity contribution in [2.24, 2.45) is 5.41 Å². The summed E-state index contributed by atoms with van der Waals surface area (Å²) < 4.78 is 5.35. The molecule has 0 aromatic carbocycles. The molecule has 20 heavy (non-hydrogen) atoms. The number of aliphatic hydroxyl groups excluding tert-OH is 1. The molecule has 1 N–H and O–H groups in total. The van der Waals surface area contributed by atoms with Gasteiger partial charge in [0.05, 0.1) is 13.2 Å². The highest BCUT2D eigenvalue weighted by Crippen LogP contribution is 2.38. The predicted octanol–water partition coefficient (Wildman–Crippen LogP) is 2.10. The number of likely N-dealkylation sites (tertiary alicyclic amines) is 1. The van der Waals surface area contributed by atoms with Crippen LogP contribution in [-0.2, 0) is 6.54 Å². The molecule has 2 aliphatic rings. The Hall–Kier alpha value is -1.20. The lowest BCUT2D eigenvalue weighted by Gasteiger charge is -2.40. The van der Waals surface area contributed by atoms with Crippen molar-refractivity contribution < 1.29 is 9.63 Å². The Bertz CT molecular complexity index is 469.